The Morgan fingerprint density at radius 1 is 1.22 bits per heavy atom. The van der Waals surface area contributed by atoms with Crippen LogP contribution in [-0.4, -0.2) is 30.8 Å². The molecule has 138 valence electrons. The van der Waals surface area contributed by atoms with Gasteiger partial charge in [0.15, 0.2) is 12.8 Å². The zero-order valence-electron chi connectivity index (χ0n) is 14.9. The standard InChI is InChI=1S/C20H20N4O3/c1-2-26-13-27-15-7-5-6-14(10-15)18-11-19(24-20(21)22-12-25)16-8-3-4-9-17(16)23-18/h3-12H,2,13H2,1H3,(H3,21,22,23,24,25). The lowest BCUT2D eigenvalue weighted by molar-refractivity contribution is -0.108. The number of fused-ring (bicyclic) bond motifs is 1. The van der Waals surface area contributed by atoms with Crippen LogP contribution in [0.5, 0.6) is 5.75 Å². The molecule has 0 fully saturated rings. The second kappa shape index (κ2) is 8.77. The first kappa shape index (κ1) is 18.3. The summed E-state index contributed by atoms with van der Waals surface area (Å²) in [5, 5.41) is 3.18. The van der Waals surface area contributed by atoms with E-state index in [2.05, 4.69) is 10.3 Å². The van der Waals surface area contributed by atoms with E-state index in [1.165, 1.54) is 0 Å². The predicted molar refractivity (Wildman–Crippen MR) is 105 cm³/mol. The van der Waals surface area contributed by atoms with Gasteiger partial charge in [-0.05, 0) is 31.2 Å². The van der Waals surface area contributed by atoms with Crippen LogP contribution in [0.3, 0.4) is 0 Å². The summed E-state index contributed by atoms with van der Waals surface area (Å²) in [4.78, 5) is 19.6. The van der Waals surface area contributed by atoms with Crippen LogP contribution in [0.15, 0.2) is 59.6 Å². The van der Waals surface area contributed by atoms with E-state index in [-0.39, 0.29) is 12.8 Å². The van der Waals surface area contributed by atoms with Crippen LogP contribution in [0.25, 0.3) is 22.2 Å². The number of nitrogens with one attached hydrogen (secondary N) is 1. The fraction of sp³-hybridized carbons (Fsp3) is 0.150. The number of hydrogen-bond donors (Lipinski definition) is 2. The highest BCUT2D eigenvalue weighted by molar-refractivity contribution is 5.97. The third kappa shape index (κ3) is 4.59. The normalized spacial score (nSPS) is 11.4. The van der Waals surface area contributed by atoms with Crippen LogP contribution in [-0.2, 0) is 9.53 Å². The summed E-state index contributed by atoms with van der Waals surface area (Å²) in [5.41, 5.74) is 8.71. The minimum atomic E-state index is 0.0149. The fourth-order valence-electron chi connectivity index (χ4n) is 2.56. The highest BCUT2D eigenvalue weighted by Crippen LogP contribution is 2.31. The Hall–Kier alpha value is -3.45. The number of hydrogen-bond acceptors (Lipinski definition) is 5. The molecule has 0 aliphatic heterocycles. The molecule has 0 radical (unpaired) electrons. The van der Waals surface area contributed by atoms with Crippen molar-refractivity contribution in [3.63, 3.8) is 0 Å². The number of amides is 1. The lowest BCUT2D eigenvalue weighted by atomic mass is 10.1. The first-order valence-corrected chi connectivity index (χ1v) is 8.46. The highest BCUT2D eigenvalue weighted by atomic mass is 16.7. The predicted octanol–water partition coefficient (Wildman–Crippen LogP) is 2.97. The molecule has 0 bridgehead atoms. The van der Waals surface area contributed by atoms with Crippen molar-refractivity contribution in [2.24, 2.45) is 10.7 Å². The van der Waals surface area contributed by atoms with Gasteiger partial charge in [-0.25, -0.2) is 9.98 Å². The summed E-state index contributed by atoms with van der Waals surface area (Å²) in [6.45, 7) is 2.68. The molecule has 0 atom stereocenters. The number of rotatable bonds is 7. The number of carbonyl (C=O) groups excluding carboxylic acids is 1. The lowest BCUT2D eigenvalue weighted by Crippen LogP contribution is -2.29. The van der Waals surface area contributed by atoms with E-state index < -0.39 is 0 Å². The van der Waals surface area contributed by atoms with Crippen LogP contribution in [0.4, 0.5) is 5.69 Å². The molecule has 3 aromatic rings. The molecular formula is C20H20N4O3. The molecule has 27 heavy (non-hydrogen) atoms. The number of nitrogens with zero attached hydrogens (tertiary/aromatic N) is 2. The molecule has 1 aromatic heterocycles. The Kier molecular flexibility index (Phi) is 5.96. The average molecular weight is 364 g/mol. The van der Waals surface area contributed by atoms with Gasteiger partial charge in [-0.2, -0.15) is 0 Å². The second-order valence-electron chi connectivity index (χ2n) is 5.59. The first-order chi connectivity index (χ1) is 13.2. The molecule has 1 heterocycles. The number of pyridine rings is 1. The summed E-state index contributed by atoms with van der Waals surface area (Å²) in [6, 6.07) is 17.0. The van der Waals surface area contributed by atoms with Gasteiger partial charge in [-0.3, -0.25) is 10.1 Å². The van der Waals surface area contributed by atoms with Crippen molar-refractivity contribution >= 4 is 29.0 Å². The third-order valence-electron chi connectivity index (χ3n) is 3.78. The number of nitrogens with two attached hydrogens (primary N) is 1. The number of ether oxygens (including phenoxy) is 2. The largest absolute Gasteiger partial charge is 0.468 e. The van der Waals surface area contributed by atoms with E-state index in [1.807, 2.05) is 61.5 Å². The monoisotopic (exact) mass is 364 g/mol. The number of benzene rings is 2. The quantitative estimate of drug-likeness (QED) is 0.221. The maximum Gasteiger partial charge on any atom is 0.213 e. The molecule has 3 N–H and O–H groups in total. The topological polar surface area (TPSA) is 98.8 Å². The summed E-state index contributed by atoms with van der Waals surface area (Å²) < 4.78 is 10.8. The van der Waals surface area contributed by atoms with Crippen molar-refractivity contribution in [3.05, 3.63) is 54.6 Å². The maximum atomic E-state index is 10.6. The van der Waals surface area contributed by atoms with Gasteiger partial charge in [0, 0.05) is 17.6 Å². The molecule has 3 rings (SSSR count). The Morgan fingerprint density at radius 3 is 2.89 bits per heavy atom. The molecular weight excluding hydrogens is 344 g/mol. The number of aliphatic imine (C=N–C) groups is 1. The van der Waals surface area contributed by atoms with Crippen molar-refractivity contribution in [1.29, 1.82) is 0 Å². The first-order valence-electron chi connectivity index (χ1n) is 8.46. The fourth-order valence-corrected chi connectivity index (χ4v) is 2.56. The third-order valence-corrected chi connectivity index (χ3v) is 3.78. The van der Waals surface area contributed by atoms with Gasteiger partial charge < -0.3 is 15.2 Å². The average Bonchev–Trinajstić information content (AvgIpc) is 2.68. The van der Waals surface area contributed by atoms with Crippen molar-refractivity contribution in [3.8, 4) is 17.0 Å². The Bertz CT molecular complexity index is 972. The molecule has 0 saturated carbocycles. The van der Waals surface area contributed by atoms with Crippen LogP contribution >= 0.6 is 0 Å². The zero-order chi connectivity index (χ0) is 19.1. The van der Waals surface area contributed by atoms with E-state index in [0.29, 0.717) is 30.1 Å². The highest BCUT2D eigenvalue weighted by Gasteiger charge is 2.09. The number of guanidine groups is 1. The molecule has 0 saturated heterocycles. The molecule has 2 aromatic carbocycles. The lowest BCUT2D eigenvalue weighted by Gasteiger charge is -2.10. The van der Waals surface area contributed by atoms with Gasteiger partial charge in [0.1, 0.15) is 5.75 Å². The van der Waals surface area contributed by atoms with E-state index in [1.54, 1.807) is 0 Å². The molecule has 7 heteroatoms. The number of para-hydroxylation sites is 1. The smallest absolute Gasteiger partial charge is 0.213 e. The summed E-state index contributed by atoms with van der Waals surface area (Å²) in [6.07, 6.45) is 0.488. The zero-order valence-corrected chi connectivity index (χ0v) is 14.9. The molecule has 0 aliphatic carbocycles. The van der Waals surface area contributed by atoms with Crippen molar-refractivity contribution in [1.82, 2.24) is 10.3 Å². The maximum absolute atomic E-state index is 10.6. The molecule has 7 nitrogen and oxygen atoms in total. The molecule has 1 amide bonds. The van der Waals surface area contributed by atoms with E-state index in [0.717, 1.165) is 16.5 Å². The van der Waals surface area contributed by atoms with Crippen molar-refractivity contribution in [2.75, 3.05) is 13.4 Å². The van der Waals surface area contributed by atoms with Gasteiger partial charge >= 0.3 is 0 Å². The summed E-state index contributed by atoms with van der Waals surface area (Å²) in [5.74, 6) is 0.698. The van der Waals surface area contributed by atoms with Crippen molar-refractivity contribution < 1.29 is 14.3 Å². The Morgan fingerprint density at radius 2 is 2.07 bits per heavy atom. The molecule has 0 spiro atoms. The minimum absolute atomic E-state index is 0.0149. The van der Waals surface area contributed by atoms with Gasteiger partial charge in [0.05, 0.1) is 16.9 Å². The summed E-state index contributed by atoms with van der Waals surface area (Å²) in [7, 11) is 0. The summed E-state index contributed by atoms with van der Waals surface area (Å²) >= 11 is 0. The number of carbonyl (C=O) groups is 1. The van der Waals surface area contributed by atoms with E-state index in [4.69, 9.17) is 20.2 Å². The van der Waals surface area contributed by atoms with Crippen LogP contribution in [0.2, 0.25) is 0 Å². The van der Waals surface area contributed by atoms with Crippen LogP contribution in [0.1, 0.15) is 6.92 Å². The number of aromatic nitrogens is 1. The van der Waals surface area contributed by atoms with Crippen LogP contribution in [0, 0.1) is 0 Å². The molecule has 0 unspecified atom stereocenters. The van der Waals surface area contributed by atoms with Gasteiger partial charge in [-0.15, -0.1) is 0 Å². The van der Waals surface area contributed by atoms with E-state index >= 15 is 0 Å². The SMILES string of the molecule is CCOCOc1cccc(-c2cc(N=C(N)NC=O)c3ccccc3n2)c1. The van der Waals surface area contributed by atoms with E-state index in [9.17, 15) is 4.79 Å². The Labute approximate surface area is 156 Å². The van der Waals surface area contributed by atoms with Gasteiger partial charge in [0.25, 0.3) is 0 Å². The second-order valence-corrected chi connectivity index (χ2v) is 5.59. The van der Waals surface area contributed by atoms with Crippen molar-refractivity contribution in [2.45, 2.75) is 6.92 Å². The van der Waals surface area contributed by atoms with Gasteiger partial charge in [-0.1, -0.05) is 30.3 Å². The van der Waals surface area contributed by atoms with Crippen LogP contribution < -0.4 is 15.8 Å². The Balaban J connectivity index is 2.03. The van der Waals surface area contributed by atoms with Gasteiger partial charge in [0.2, 0.25) is 6.41 Å². The minimum Gasteiger partial charge on any atom is -0.468 e. The molecule has 0 aliphatic rings.